The van der Waals surface area contributed by atoms with Crippen molar-refractivity contribution in [1.82, 2.24) is 0 Å². The van der Waals surface area contributed by atoms with E-state index in [1.165, 1.54) is 0 Å². The second-order valence-electron chi connectivity index (χ2n) is 0.368. The Bertz CT molecular complexity index is 107. The smallest absolute Gasteiger partial charge is 0.0142 e. The van der Waals surface area contributed by atoms with Gasteiger partial charge in [-0.25, -0.2) is 0 Å². The van der Waals surface area contributed by atoms with Crippen LogP contribution in [0.1, 0.15) is 0 Å². The topological polar surface area (TPSA) is 61.1 Å². The van der Waals surface area contributed by atoms with Crippen LogP contribution >= 0.6 is 0 Å². The van der Waals surface area contributed by atoms with Crippen molar-refractivity contribution < 1.29 is 9.35 Å². The molecule has 4 heteroatoms. The van der Waals surface area contributed by atoms with Gasteiger partial charge in [-0.3, -0.25) is 4.79 Å². The predicted octanol–water partition coefficient (Wildman–Crippen LogP) is -0.0927. The lowest BCUT2D eigenvalue weighted by molar-refractivity contribution is 0.568. The average molecular weight is 92.1 g/mol. The molecule has 3 nitrogen and oxygen atoms in total. The number of carbonyl (C=O) groups excluding carboxylic acids is 1. The molecule has 0 unspecified atom stereocenters. The lowest BCUT2D eigenvalue weighted by atomic mass is 11.9. The fourth-order valence-electron chi connectivity index (χ4n) is 0. The molecular weight excluding hydrogens is 90.1 g/mol. The highest BCUT2D eigenvalue weighted by Gasteiger charge is 1.25. The minimum Gasteiger partial charge on any atom is -0.475 e. The van der Waals surface area contributed by atoms with E-state index in [2.05, 4.69) is 0 Å². The van der Waals surface area contributed by atoms with Gasteiger partial charge in [-0.2, -0.15) is 10.6 Å². The van der Waals surface area contributed by atoms with E-state index < -0.39 is 10.6 Å². The molecule has 0 atom stereocenters. The van der Waals surface area contributed by atoms with E-state index in [4.69, 9.17) is 14.1 Å². The summed E-state index contributed by atoms with van der Waals surface area (Å²) in [6.07, 6.45) is 0. The molecule has 0 spiro atoms. The molecule has 30 valence electrons. The third kappa shape index (κ3) is 3.69. The second kappa shape index (κ2) is 1.96. The zero-order chi connectivity index (χ0) is 4.28. The molecule has 0 bridgehead atoms. The number of nitrogens with one attached hydrogen (secondary N) is 1. The van der Waals surface area contributed by atoms with Gasteiger partial charge in [-0.1, -0.05) is 0 Å². The summed E-state index contributed by atoms with van der Waals surface area (Å²) < 4.78 is 13.6. The third-order valence-corrected chi connectivity index (χ3v) is 0.237. The Balaban J connectivity index is 4.22. The highest BCUT2D eigenvalue weighted by atomic mass is 32.2. The first-order valence-electron chi connectivity index (χ1n) is 0.795. The van der Waals surface area contributed by atoms with Crippen LogP contribution in [0.15, 0.2) is 0 Å². The Hall–Kier alpha value is -0.310. The predicted molar refractivity (Wildman–Crippen MR) is 18.4 cm³/mol. The van der Waals surface area contributed by atoms with Crippen molar-refractivity contribution in [3.05, 3.63) is 0 Å². The van der Waals surface area contributed by atoms with Crippen LogP contribution < -0.4 is 0 Å². The van der Waals surface area contributed by atoms with Crippen molar-refractivity contribution in [2.24, 2.45) is 0 Å². The van der Waals surface area contributed by atoms with Gasteiger partial charge in [0, 0.05) is 5.23 Å². The molecule has 5 heavy (non-hydrogen) atoms. The van der Waals surface area contributed by atoms with Crippen LogP contribution in [-0.4, -0.2) is 9.79 Å². The zero-order valence-corrected chi connectivity index (χ0v) is 3.08. The van der Waals surface area contributed by atoms with Gasteiger partial charge in [0.1, 0.15) is 0 Å². The van der Waals surface area contributed by atoms with Gasteiger partial charge >= 0.3 is 0 Å². The summed E-state index contributed by atoms with van der Waals surface area (Å²) in [5.41, 5.74) is 0. The maximum absolute atomic E-state index is 8.95. The summed E-state index contributed by atoms with van der Waals surface area (Å²) >= 11 is 0. The molecule has 2 N–H and O–H groups in total. The standard InChI is InChI=1S/CH2NO2S/c2-5(4)1-3/h(H2,2,4)/q-1. The maximum Gasteiger partial charge on any atom is 0.0142 e. The first-order valence-corrected chi connectivity index (χ1v) is 1.98. The van der Waals surface area contributed by atoms with E-state index in [1.54, 1.807) is 0 Å². The van der Waals surface area contributed by atoms with Crippen molar-refractivity contribution >= 4 is 15.8 Å². The summed E-state index contributed by atoms with van der Waals surface area (Å²) in [6, 6.07) is 0. The van der Waals surface area contributed by atoms with Crippen molar-refractivity contribution in [2.75, 3.05) is 0 Å². The number of hydrogen-bond acceptors (Lipinski definition) is 3. The third-order valence-electron chi connectivity index (χ3n) is 0.0789. The Morgan fingerprint density at radius 2 is 2.20 bits per heavy atom. The molecule has 0 aromatic carbocycles. The molecule has 0 saturated carbocycles. The fourth-order valence-corrected chi connectivity index (χ4v) is 0. The summed E-state index contributed by atoms with van der Waals surface area (Å²) in [5.74, 6) is 0. The van der Waals surface area contributed by atoms with Gasteiger partial charge in [0.2, 0.25) is 0 Å². The second-order valence-corrected chi connectivity index (χ2v) is 1.10. The molecule has 0 heterocycles. The van der Waals surface area contributed by atoms with Gasteiger partial charge < -0.3 is 9.33 Å². The fraction of sp³-hybridized carbons (Fsp3) is 0. The Labute approximate surface area is 30.9 Å². The van der Waals surface area contributed by atoms with Gasteiger partial charge in [0.25, 0.3) is 0 Å². The minimum atomic E-state index is -1.88. The quantitative estimate of drug-likeness (QED) is 0.324. The van der Waals surface area contributed by atoms with E-state index in [9.17, 15) is 0 Å². The van der Waals surface area contributed by atoms with E-state index in [0.717, 1.165) is 5.23 Å². The van der Waals surface area contributed by atoms with E-state index in [-0.39, 0.29) is 0 Å². The van der Waals surface area contributed by atoms with Crippen LogP contribution in [0.3, 0.4) is 0 Å². The number of rotatable bonds is 0. The van der Waals surface area contributed by atoms with E-state index in [1.807, 2.05) is 0 Å². The Kier molecular flexibility index (Phi) is 1.84. The molecule has 0 aromatic rings. The highest BCUT2D eigenvalue weighted by molar-refractivity contribution is 7.78. The summed E-state index contributed by atoms with van der Waals surface area (Å²) in [4.78, 5) is 8.95. The molecule has 0 aromatic heterocycles. The van der Waals surface area contributed by atoms with E-state index >= 15 is 0 Å². The largest absolute Gasteiger partial charge is 0.475 e. The van der Waals surface area contributed by atoms with Crippen LogP contribution in [0.4, 0.5) is 0 Å². The van der Waals surface area contributed by atoms with E-state index in [0.29, 0.717) is 0 Å². The lowest BCUT2D eigenvalue weighted by Crippen LogP contribution is -1.59. The zero-order valence-electron chi connectivity index (χ0n) is 2.26. The van der Waals surface area contributed by atoms with Crippen LogP contribution in [0.25, 0.3) is 0 Å². The molecule has 0 aliphatic heterocycles. The number of hydrogen-bond donors (Lipinski definition) is 2. The molecule has 0 aliphatic carbocycles. The van der Waals surface area contributed by atoms with Crippen molar-refractivity contribution in [3.8, 4) is 0 Å². The molecule has 0 rings (SSSR count). The molecule has 0 aliphatic rings. The normalized spacial score (nSPS) is 7.60. The molecule has 0 fully saturated rings. The van der Waals surface area contributed by atoms with Gasteiger partial charge in [-0.15, -0.1) is 0 Å². The Morgan fingerprint density at radius 3 is 2.20 bits per heavy atom. The first-order chi connectivity index (χ1) is 2.27. The Morgan fingerprint density at radius 1 is 2.00 bits per heavy atom. The molecule has 0 saturated heterocycles. The van der Waals surface area contributed by atoms with Gasteiger partial charge in [0.15, 0.2) is 0 Å². The van der Waals surface area contributed by atoms with Gasteiger partial charge in [-0.05, 0) is 0 Å². The molecule has 0 radical (unpaired) electrons. The van der Waals surface area contributed by atoms with Crippen LogP contribution in [0, 0.1) is 4.78 Å². The summed E-state index contributed by atoms with van der Waals surface area (Å²) in [5, 5.41) is 1.03. The molecule has 0 amide bonds. The highest BCUT2D eigenvalue weighted by Crippen LogP contribution is 1.37. The average Bonchev–Trinajstić information content (AvgIpc) is 1.38. The van der Waals surface area contributed by atoms with Crippen LogP contribution in [-0.2, 0) is 15.4 Å². The van der Waals surface area contributed by atoms with Crippen molar-refractivity contribution in [2.45, 2.75) is 0 Å². The first kappa shape index (κ1) is 4.69. The van der Waals surface area contributed by atoms with Crippen molar-refractivity contribution in [1.29, 1.82) is 4.78 Å². The van der Waals surface area contributed by atoms with Crippen LogP contribution in [0.5, 0.6) is 0 Å². The maximum atomic E-state index is 8.95. The SMILES string of the molecule is N=[S-](O)=C=O. The molecular formula is CH2NO2S-. The monoisotopic (exact) mass is 92.0 g/mol. The summed E-state index contributed by atoms with van der Waals surface area (Å²) in [7, 11) is -1.88. The summed E-state index contributed by atoms with van der Waals surface area (Å²) in [6.45, 7) is 0. The lowest BCUT2D eigenvalue weighted by Gasteiger charge is -1.73. The van der Waals surface area contributed by atoms with Crippen LogP contribution in [0.2, 0.25) is 0 Å². The minimum absolute atomic E-state index is 1.03. The van der Waals surface area contributed by atoms with Gasteiger partial charge in [0.05, 0.1) is 0 Å². The van der Waals surface area contributed by atoms with Crippen molar-refractivity contribution in [3.63, 3.8) is 0 Å².